The molecule has 0 saturated heterocycles. The van der Waals surface area contributed by atoms with Gasteiger partial charge in [-0.25, -0.2) is 4.79 Å². The van der Waals surface area contributed by atoms with Crippen molar-refractivity contribution in [2.24, 2.45) is 0 Å². The Hall–Kier alpha value is -1.55. The Kier molecular flexibility index (Phi) is 4.79. The lowest BCUT2D eigenvalue weighted by Crippen LogP contribution is -2.29. The van der Waals surface area contributed by atoms with Crippen LogP contribution in [0.15, 0.2) is 30.3 Å². The second-order valence-corrected chi connectivity index (χ2v) is 3.58. The maximum atomic E-state index is 11.1. The van der Waals surface area contributed by atoms with E-state index in [2.05, 4.69) is 10.1 Å². The number of carbonyl (C=O) groups is 2. The highest BCUT2D eigenvalue weighted by molar-refractivity contribution is 6.63. The van der Waals surface area contributed by atoms with Crippen LogP contribution < -0.4 is 5.32 Å². The number of ether oxygens (including phenoxy) is 1. The number of nitrogens with one attached hydrogen (secondary N) is 1. The molecule has 5 heteroatoms. The molecule has 0 aromatic heterocycles. The highest BCUT2D eigenvalue weighted by Crippen LogP contribution is 2.17. The van der Waals surface area contributed by atoms with Gasteiger partial charge in [0.05, 0.1) is 13.2 Å². The lowest BCUT2D eigenvalue weighted by Gasteiger charge is -2.16. The number of methoxy groups -OCH3 is 1. The number of hydrogen-bond acceptors (Lipinski definition) is 3. The monoisotopic (exact) mass is 241 g/mol. The number of hydrogen-bond donors (Lipinski definition) is 1. The molecule has 0 aliphatic carbocycles. The van der Waals surface area contributed by atoms with Crippen molar-refractivity contribution in [2.75, 3.05) is 7.11 Å². The van der Waals surface area contributed by atoms with Crippen LogP contribution in [-0.2, 0) is 9.53 Å². The van der Waals surface area contributed by atoms with Gasteiger partial charge in [-0.15, -0.1) is 0 Å². The fourth-order valence-corrected chi connectivity index (χ4v) is 1.45. The summed E-state index contributed by atoms with van der Waals surface area (Å²) in [7, 11) is 1.26. The first-order valence-corrected chi connectivity index (χ1v) is 5.09. The van der Waals surface area contributed by atoms with Crippen molar-refractivity contribution < 1.29 is 14.3 Å². The van der Waals surface area contributed by atoms with E-state index in [0.717, 1.165) is 5.56 Å². The molecule has 86 valence electrons. The average Bonchev–Trinajstić information content (AvgIpc) is 2.28. The second-order valence-electron chi connectivity index (χ2n) is 3.16. The van der Waals surface area contributed by atoms with Crippen molar-refractivity contribution in [1.29, 1.82) is 0 Å². The van der Waals surface area contributed by atoms with Crippen LogP contribution in [0.4, 0.5) is 4.79 Å². The summed E-state index contributed by atoms with van der Waals surface area (Å²) in [5.41, 5.74) is 0.807. The molecule has 0 bridgehead atoms. The molecule has 1 aromatic rings. The molecule has 0 heterocycles. The summed E-state index contributed by atoms with van der Waals surface area (Å²) in [6.45, 7) is 0. The SMILES string of the molecule is COC(=O)NC(CC(=O)Cl)c1ccccc1. The van der Waals surface area contributed by atoms with Gasteiger partial charge in [0.15, 0.2) is 0 Å². The van der Waals surface area contributed by atoms with Crippen LogP contribution in [0.2, 0.25) is 0 Å². The molecular formula is C11H12ClNO3. The molecule has 0 spiro atoms. The molecule has 1 aromatic carbocycles. The minimum Gasteiger partial charge on any atom is -0.453 e. The largest absolute Gasteiger partial charge is 0.453 e. The number of halogens is 1. The van der Waals surface area contributed by atoms with Gasteiger partial charge in [0.25, 0.3) is 0 Å². The van der Waals surface area contributed by atoms with Crippen molar-refractivity contribution in [3.05, 3.63) is 35.9 Å². The third-order valence-corrected chi connectivity index (χ3v) is 2.20. The number of alkyl carbamates (subject to hydrolysis) is 1. The van der Waals surface area contributed by atoms with E-state index in [0.29, 0.717) is 0 Å². The Morgan fingerprint density at radius 3 is 2.50 bits per heavy atom. The molecule has 16 heavy (non-hydrogen) atoms. The van der Waals surface area contributed by atoms with Crippen LogP contribution in [-0.4, -0.2) is 18.4 Å². The first-order valence-electron chi connectivity index (χ1n) is 4.71. The average molecular weight is 242 g/mol. The Labute approximate surface area is 98.5 Å². The molecule has 1 amide bonds. The minimum absolute atomic E-state index is 0.0284. The van der Waals surface area contributed by atoms with E-state index < -0.39 is 17.4 Å². The molecule has 4 nitrogen and oxygen atoms in total. The van der Waals surface area contributed by atoms with Gasteiger partial charge >= 0.3 is 6.09 Å². The van der Waals surface area contributed by atoms with E-state index in [1.54, 1.807) is 12.1 Å². The van der Waals surface area contributed by atoms with Gasteiger partial charge in [0, 0.05) is 6.42 Å². The van der Waals surface area contributed by atoms with Crippen LogP contribution in [0.1, 0.15) is 18.0 Å². The fourth-order valence-electron chi connectivity index (χ4n) is 1.30. The van der Waals surface area contributed by atoms with E-state index in [1.165, 1.54) is 7.11 Å². The quantitative estimate of drug-likeness (QED) is 0.823. The molecule has 0 aliphatic rings. The van der Waals surface area contributed by atoms with E-state index in [-0.39, 0.29) is 6.42 Å². The van der Waals surface area contributed by atoms with E-state index >= 15 is 0 Å². The number of amides is 1. The van der Waals surface area contributed by atoms with E-state index in [4.69, 9.17) is 11.6 Å². The van der Waals surface area contributed by atoms with Crippen LogP contribution >= 0.6 is 11.6 Å². The number of carbonyl (C=O) groups excluding carboxylic acids is 2. The maximum absolute atomic E-state index is 11.1. The third kappa shape index (κ3) is 3.90. The summed E-state index contributed by atoms with van der Waals surface area (Å²) in [6.07, 6.45) is -0.563. The highest BCUT2D eigenvalue weighted by Gasteiger charge is 2.17. The summed E-state index contributed by atoms with van der Waals surface area (Å²) in [5, 5.41) is 2.04. The topological polar surface area (TPSA) is 55.4 Å². The van der Waals surface area contributed by atoms with Gasteiger partial charge in [-0.1, -0.05) is 30.3 Å². The maximum Gasteiger partial charge on any atom is 0.407 e. The van der Waals surface area contributed by atoms with Crippen LogP contribution in [0.5, 0.6) is 0 Å². The summed E-state index contributed by atoms with van der Waals surface area (Å²) >= 11 is 5.32. The Balaban J connectivity index is 2.79. The zero-order valence-electron chi connectivity index (χ0n) is 8.77. The van der Waals surface area contributed by atoms with Gasteiger partial charge in [-0.3, -0.25) is 4.79 Å². The standard InChI is InChI=1S/C11H12ClNO3/c1-16-11(15)13-9(7-10(12)14)8-5-3-2-4-6-8/h2-6,9H,7H2,1H3,(H,13,15). The van der Waals surface area contributed by atoms with E-state index in [9.17, 15) is 9.59 Å². The Morgan fingerprint density at radius 1 is 1.38 bits per heavy atom. The van der Waals surface area contributed by atoms with Gasteiger partial charge in [-0.05, 0) is 17.2 Å². The zero-order chi connectivity index (χ0) is 12.0. The summed E-state index contributed by atoms with van der Waals surface area (Å²) in [6, 6.07) is 8.64. The fraction of sp³-hybridized carbons (Fsp3) is 0.273. The summed E-state index contributed by atoms with van der Waals surface area (Å²) in [4.78, 5) is 22.0. The van der Waals surface area contributed by atoms with Crippen LogP contribution in [0.25, 0.3) is 0 Å². The molecule has 1 rings (SSSR count). The van der Waals surface area contributed by atoms with Gasteiger partial charge < -0.3 is 10.1 Å². The summed E-state index contributed by atoms with van der Waals surface area (Å²) in [5.74, 6) is 0. The molecule has 1 unspecified atom stereocenters. The van der Waals surface area contributed by atoms with Gasteiger partial charge in [0.2, 0.25) is 5.24 Å². The molecule has 0 fully saturated rings. The zero-order valence-corrected chi connectivity index (χ0v) is 9.53. The predicted molar refractivity (Wildman–Crippen MR) is 60.2 cm³/mol. The van der Waals surface area contributed by atoms with Gasteiger partial charge in [-0.2, -0.15) is 0 Å². The van der Waals surface area contributed by atoms with Crippen molar-refractivity contribution >= 4 is 22.9 Å². The summed E-state index contributed by atoms with van der Waals surface area (Å²) < 4.78 is 4.48. The van der Waals surface area contributed by atoms with Crippen LogP contribution in [0.3, 0.4) is 0 Å². The first-order chi connectivity index (χ1) is 7.63. The highest BCUT2D eigenvalue weighted by atomic mass is 35.5. The van der Waals surface area contributed by atoms with Crippen LogP contribution in [0, 0.1) is 0 Å². The normalized spacial score (nSPS) is 11.6. The molecule has 0 aliphatic heterocycles. The molecule has 1 atom stereocenters. The number of benzene rings is 1. The second kappa shape index (κ2) is 6.12. The smallest absolute Gasteiger partial charge is 0.407 e. The predicted octanol–water partition coefficient (Wildman–Crippen LogP) is 2.24. The number of rotatable bonds is 4. The van der Waals surface area contributed by atoms with Crippen molar-refractivity contribution in [3.63, 3.8) is 0 Å². The van der Waals surface area contributed by atoms with E-state index in [1.807, 2.05) is 18.2 Å². The van der Waals surface area contributed by atoms with Crippen molar-refractivity contribution in [3.8, 4) is 0 Å². The first kappa shape index (κ1) is 12.5. The lowest BCUT2D eigenvalue weighted by molar-refractivity contribution is -0.112. The Bertz CT molecular complexity index is 367. The molecular weight excluding hydrogens is 230 g/mol. The van der Waals surface area contributed by atoms with Gasteiger partial charge in [0.1, 0.15) is 0 Å². The van der Waals surface area contributed by atoms with Crippen molar-refractivity contribution in [2.45, 2.75) is 12.5 Å². The third-order valence-electron chi connectivity index (χ3n) is 2.04. The molecule has 0 radical (unpaired) electrons. The molecule has 0 saturated carbocycles. The molecule has 1 N–H and O–H groups in total. The Morgan fingerprint density at radius 2 is 2.00 bits per heavy atom. The minimum atomic E-state index is -0.591. The van der Waals surface area contributed by atoms with Crippen molar-refractivity contribution in [1.82, 2.24) is 5.32 Å². The lowest BCUT2D eigenvalue weighted by atomic mass is 10.0.